The van der Waals surface area contributed by atoms with E-state index in [-0.39, 0.29) is 35.2 Å². The minimum absolute atomic E-state index is 0.0429. The third-order valence-electron chi connectivity index (χ3n) is 12.6. The zero-order valence-corrected chi connectivity index (χ0v) is 41.8. The molecule has 3 N–H and O–H groups in total. The number of aromatic carboxylic acids is 1. The number of nitro groups is 1. The molecular weight excluding hydrogens is 941 g/mol. The largest absolute Gasteiger partial charge is 0.493 e. The molecule has 0 saturated carbocycles. The number of carbonyl (C=O) groups is 2. The molecule has 0 bridgehead atoms. The van der Waals surface area contributed by atoms with Gasteiger partial charge >= 0.3 is 5.97 Å². The monoisotopic (exact) mass is 998 g/mol. The summed E-state index contributed by atoms with van der Waals surface area (Å²) in [5, 5.41) is 32.7. The van der Waals surface area contributed by atoms with Gasteiger partial charge in [0.05, 0.1) is 39.8 Å². The van der Waals surface area contributed by atoms with Crippen LogP contribution in [0.5, 0.6) is 5.75 Å². The van der Waals surface area contributed by atoms with Crippen molar-refractivity contribution in [2.24, 2.45) is 0 Å². The first-order valence-corrected chi connectivity index (χ1v) is 26.3. The van der Waals surface area contributed by atoms with Crippen LogP contribution in [0.15, 0.2) is 131 Å². The predicted molar refractivity (Wildman–Crippen MR) is 277 cm³/mol. The number of carboxylic acids is 1. The Kier molecular flexibility index (Phi) is 16.1. The molecule has 370 valence electrons. The number of aryl methyl sites for hydroxylation is 3. The van der Waals surface area contributed by atoms with E-state index >= 15 is 0 Å². The molecule has 8 rings (SSSR count). The lowest BCUT2D eigenvalue weighted by Gasteiger charge is -2.33. The number of pyridine rings is 1. The van der Waals surface area contributed by atoms with Gasteiger partial charge < -0.3 is 24.8 Å². The number of aromatic nitrogens is 2. The van der Waals surface area contributed by atoms with Crippen LogP contribution in [-0.4, -0.2) is 95.1 Å². The van der Waals surface area contributed by atoms with Crippen molar-refractivity contribution in [2.75, 3.05) is 37.3 Å². The van der Waals surface area contributed by atoms with Crippen LogP contribution in [0.1, 0.15) is 77.1 Å². The Morgan fingerprint density at radius 1 is 0.915 bits per heavy atom. The van der Waals surface area contributed by atoms with Crippen LogP contribution in [0.25, 0.3) is 27.5 Å². The lowest BCUT2D eigenvalue weighted by Crippen LogP contribution is -2.40. The van der Waals surface area contributed by atoms with Gasteiger partial charge in [-0.05, 0) is 131 Å². The number of likely N-dealkylation sites (tertiary alicyclic amines) is 1. The van der Waals surface area contributed by atoms with E-state index < -0.39 is 37.4 Å². The molecule has 5 aromatic carbocycles. The van der Waals surface area contributed by atoms with Crippen molar-refractivity contribution < 1.29 is 37.5 Å². The van der Waals surface area contributed by atoms with Crippen LogP contribution in [0.3, 0.4) is 0 Å². The number of nitrogens with zero attached hydrogens (tertiary/aromatic N) is 4. The van der Waals surface area contributed by atoms with Crippen molar-refractivity contribution in [1.29, 1.82) is 0 Å². The summed E-state index contributed by atoms with van der Waals surface area (Å²) in [5.74, 6) is -0.741. The van der Waals surface area contributed by atoms with E-state index in [2.05, 4.69) is 20.0 Å². The number of thioether (sulfide) groups is 1. The first kappa shape index (κ1) is 50.6. The second kappa shape index (κ2) is 22.5. The number of carbonyl (C=O) groups excluding carboxylic acids is 1. The molecular formula is C54H58N6O9S2. The second-order valence-corrected chi connectivity index (χ2v) is 20.9. The number of fused-ring (bicyclic) bond motifs is 2. The number of piperidine rings is 1. The van der Waals surface area contributed by atoms with Crippen molar-refractivity contribution in [2.45, 2.75) is 87.8 Å². The first-order chi connectivity index (χ1) is 34.1. The summed E-state index contributed by atoms with van der Waals surface area (Å²) in [7, 11) is -4.59. The van der Waals surface area contributed by atoms with Gasteiger partial charge in [-0.3, -0.25) is 14.9 Å². The van der Waals surface area contributed by atoms with Crippen molar-refractivity contribution in [3.8, 4) is 17.0 Å². The summed E-state index contributed by atoms with van der Waals surface area (Å²) in [6.07, 6.45) is 3.87. The van der Waals surface area contributed by atoms with Crippen LogP contribution in [0.4, 0.5) is 11.4 Å². The third-order valence-corrected chi connectivity index (χ3v) is 15.1. The van der Waals surface area contributed by atoms with E-state index in [4.69, 9.17) is 9.47 Å². The number of anilines is 1. The molecule has 1 aliphatic heterocycles. The van der Waals surface area contributed by atoms with Gasteiger partial charge in [0.2, 0.25) is 0 Å². The summed E-state index contributed by atoms with van der Waals surface area (Å²) in [6.45, 7) is 10.5. The third kappa shape index (κ3) is 12.2. The van der Waals surface area contributed by atoms with Crippen molar-refractivity contribution in [3.63, 3.8) is 0 Å². The van der Waals surface area contributed by atoms with Gasteiger partial charge in [-0.2, -0.15) is 5.10 Å². The summed E-state index contributed by atoms with van der Waals surface area (Å²) < 4.78 is 43.5. The Morgan fingerprint density at radius 2 is 1.62 bits per heavy atom. The highest BCUT2D eigenvalue weighted by Gasteiger charge is 2.28. The topological polar surface area (TPSA) is 195 Å². The van der Waals surface area contributed by atoms with Gasteiger partial charge in [0.25, 0.3) is 21.6 Å². The zero-order chi connectivity index (χ0) is 50.2. The molecule has 7 aromatic rings. The van der Waals surface area contributed by atoms with E-state index in [0.717, 1.165) is 60.0 Å². The summed E-state index contributed by atoms with van der Waals surface area (Å²) >= 11 is 1.63. The average molecular weight is 999 g/mol. The highest BCUT2D eigenvalue weighted by atomic mass is 32.2. The lowest BCUT2D eigenvalue weighted by atomic mass is 9.96. The quantitative estimate of drug-likeness (QED) is 0.0267. The normalized spacial score (nSPS) is 13.9. The Labute approximate surface area is 417 Å². The predicted octanol–water partition coefficient (Wildman–Crippen LogP) is 10.4. The standard InChI is InChI=1S/C54H58N6O9S2/c1-35(2)69-41-25-28-58(29-26-41)27-24-40(34-70-42-15-6-5-7-16-42)55-46-23-22-43(33-49(46)60(64)65)71(66,67)57-53(61)39-31-36(3)51(37(4)32-39)48-20-11-19-47-45(52(54(62)63)56-59(47)48)18-12-30-68-50-21-10-14-38-13-8-9-17-44(38)50/h5-11,13-17,19-23,31-33,35,40-41,55H,12,18,24-30,34H2,1-4H3,(H,57,61)(H,62,63)/t40-/m1/s1. The maximum Gasteiger partial charge on any atom is 0.356 e. The smallest absolute Gasteiger partial charge is 0.356 e. The van der Waals surface area contributed by atoms with E-state index in [9.17, 15) is 33.2 Å². The fourth-order valence-electron chi connectivity index (χ4n) is 9.29. The van der Waals surface area contributed by atoms with Gasteiger partial charge in [0.15, 0.2) is 5.69 Å². The van der Waals surface area contributed by atoms with E-state index in [1.54, 1.807) is 42.3 Å². The number of nitro benzene ring substituents is 1. The van der Waals surface area contributed by atoms with Crippen LogP contribution in [0, 0.1) is 24.0 Å². The molecule has 1 atom stereocenters. The molecule has 3 heterocycles. The number of carboxylic acid groups (broad SMARTS) is 1. The van der Waals surface area contributed by atoms with Gasteiger partial charge in [0.1, 0.15) is 11.4 Å². The molecule has 1 aliphatic rings. The molecule has 2 aromatic heterocycles. The summed E-state index contributed by atoms with van der Waals surface area (Å²) in [6, 6.07) is 35.6. The van der Waals surface area contributed by atoms with Crippen molar-refractivity contribution in [3.05, 3.63) is 159 Å². The average Bonchev–Trinajstić information content (AvgIpc) is 3.73. The molecule has 1 saturated heterocycles. The van der Waals surface area contributed by atoms with Gasteiger partial charge in [-0.25, -0.2) is 22.4 Å². The first-order valence-electron chi connectivity index (χ1n) is 23.8. The number of nitrogens with one attached hydrogen (secondary N) is 2. The van der Waals surface area contributed by atoms with Crippen molar-refractivity contribution in [1.82, 2.24) is 19.2 Å². The Hall–Kier alpha value is -6.79. The Bertz CT molecular complexity index is 3140. The number of amides is 1. The Balaban J connectivity index is 0.965. The maximum absolute atomic E-state index is 13.8. The van der Waals surface area contributed by atoms with Gasteiger partial charge in [-0.1, -0.05) is 60.7 Å². The van der Waals surface area contributed by atoms with Crippen LogP contribution in [-0.2, 0) is 21.2 Å². The van der Waals surface area contributed by atoms with Gasteiger partial charge in [-0.15, -0.1) is 11.8 Å². The van der Waals surface area contributed by atoms with Gasteiger partial charge in [0, 0.05) is 64.5 Å². The van der Waals surface area contributed by atoms with Crippen molar-refractivity contribution >= 4 is 61.3 Å². The van der Waals surface area contributed by atoms with E-state index in [1.807, 2.05) is 105 Å². The summed E-state index contributed by atoms with van der Waals surface area (Å²) in [4.78, 5) is 41.2. The summed E-state index contributed by atoms with van der Waals surface area (Å²) in [5.41, 5.74) is 3.34. The molecule has 15 nitrogen and oxygen atoms in total. The molecule has 0 aliphatic carbocycles. The minimum Gasteiger partial charge on any atom is -0.493 e. The molecule has 0 radical (unpaired) electrons. The molecule has 1 amide bonds. The van der Waals surface area contributed by atoms with E-state index in [0.29, 0.717) is 65.1 Å². The number of benzene rings is 5. The maximum atomic E-state index is 13.8. The highest BCUT2D eigenvalue weighted by Crippen LogP contribution is 2.34. The molecule has 1 fully saturated rings. The number of hydrogen-bond donors (Lipinski definition) is 3. The van der Waals surface area contributed by atoms with Crippen LogP contribution >= 0.6 is 11.8 Å². The zero-order valence-electron chi connectivity index (χ0n) is 40.2. The van der Waals surface area contributed by atoms with Crippen LogP contribution < -0.4 is 14.8 Å². The number of rotatable bonds is 21. The van der Waals surface area contributed by atoms with Crippen LogP contribution in [0.2, 0.25) is 0 Å². The number of ether oxygens (including phenoxy) is 2. The molecule has 71 heavy (non-hydrogen) atoms. The molecule has 17 heteroatoms. The molecule has 0 unspecified atom stereocenters. The number of sulfonamides is 1. The minimum atomic E-state index is -4.59. The Morgan fingerprint density at radius 3 is 2.34 bits per heavy atom. The fraction of sp³-hybridized carbons (Fsp3) is 0.315. The highest BCUT2D eigenvalue weighted by molar-refractivity contribution is 7.99. The second-order valence-electron chi connectivity index (χ2n) is 18.1. The lowest BCUT2D eigenvalue weighted by molar-refractivity contribution is -0.384. The SMILES string of the molecule is Cc1cc(C(=O)NS(=O)(=O)c2ccc(N[C@H](CCN3CCC(OC(C)C)CC3)CSc3ccccc3)c([N+](=O)[O-])c2)cc(C)c1-c1cccc2c(CCCOc3cccc4ccccc34)c(C(=O)O)nn12. The van der Waals surface area contributed by atoms with E-state index in [1.165, 1.54) is 12.1 Å². The number of hydrogen-bond acceptors (Lipinski definition) is 12. The molecule has 0 spiro atoms. The fourth-order valence-corrected chi connectivity index (χ4v) is 11.3.